The number of carbonyl (C=O) groups is 1. The van der Waals surface area contributed by atoms with Crippen molar-refractivity contribution < 1.29 is 14.3 Å². The molecule has 2 heterocycles. The number of aromatic nitrogens is 2. The molecule has 1 aliphatic heterocycles. The highest BCUT2D eigenvalue weighted by Crippen LogP contribution is 2.27. The molecule has 1 fully saturated rings. The molecule has 0 aliphatic carbocycles. The SMILES string of the molecule is Cc1ccc(NC(=O)c2ccc(-n3ccnc3)cc2)c(OCC2CCCO2)c1. The smallest absolute Gasteiger partial charge is 0.255 e. The predicted molar refractivity (Wildman–Crippen MR) is 107 cm³/mol. The van der Waals surface area contributed by atoms with Gasteiger partial charge in [0.05, 0.1) is 18.1 Å². The first kappa shape index (κ1) is 18.3. The van der Waals surface area contributed by atoms with Gasteiger partial charge in [0, 0.05) is 30.3 Å². The standard InChI is InChI=1S/C22H23N3O3/c1-16-4-9-20(21(13-16)28-14-19-3-2-12-27-19)24-22(26)17-5-7-18(8-6-17)25-11-10-23-15-25/h4-11,13,15,19H,2-3,12,14H2,1H3,(H,24,26). The number of ether oxygens (including phenoxy) is 2. The zero-order valence-electron chi connectivity index (χ0n) is 15.8. The Bertz CT molecular complexity index is 930. The quantitative estimate of drug-likeness (QED) is 0.705. The lowest BCUT2D eigenvalue weighted by Gasteiger charge is -2.16. The van der Waals surface area contributed by atoms with Crippen LogP contribution in [-0.2, 0) is 4.74 Å². The zero-order valence-corrected chi connectivity index (χ0v) is 15.8. The normalized spacial score (nSPS) is 16.1. The largest absolute Gasteiger partial charge is 0.489 e. The van der Waals surface area contributed by atoms with Gasteiger partial charge in [-0.2, -0.15) is 0 Å². The molecule has 6 nitrogen and oxygen atoms in total. The second-order valence-corrected chi connectivity index (χ2v) is 6.92. The van der Waals surface area contributed by atoms with Gasteiger partial charge in [-0.1, -0.05) is 6.07 Å². The van der Waals surface area contributed by atoms with Gasteiger partial charge in [-0.3, -0.25) is 4.79 Å². The van der Waals surface area contributed by atoms with Crippen LogP contribution in [0.4, 0.5) is 5.69 Å². The highest BCUT2D eigenvalue weighted by Gasteiger charge is 2.17. The Labute approximate surface area is 164 Å². The molecule has 144 valence electrons. The lowest BCUT2D eigenvalue weighted by molar-refractivity contribution is 0.0681. The number of carbonyl (C=O) groups excluding carboxylic acids is 1. The van der Waals surface area contributed by atoms with Gasteiger partial charge < -0.3 is 19.4 Å². The lowest BCUT2D eigenvalue weighted by Crippen LogP contribution is -2.18. The van der Waals surface area contributed by atoms with Crippen molar-refractivity contribution >= 4 is 11.6 Å². The molecule has 28 heavy (non-hydrogen) atoms. The molecule has 0 radical (unpaired) electrons. The van der Waals surface area contributed by atoms with Crippen LogP contribution in [0.15, 0.2) is 61.2 Å². The molecule has 1 atom stereocenters. The first-order valence-corrected chi connectivity index (χ1v) is 9.44. The molecule has 1 saturated heterocycles. The van der Waals surface area contributed by atoms with E-state index >= 15 is 0 Å². The maximum atomic E-state index is 12.7. The van der Waals surface area contributed by atoms with E-state index in [0.717, 1.165) is 30.7 Å². The maximum Gasteiger partial charge on any atom is 0.255 e. The molecule has 0 spiro atoms. The van der Waals surface area contributed by atoms with Gasteiger partial charge >= 0.3 is 0 Å². The van der Waals surface area contributed by atoms with E-state index < -0.39 is 0 Å². The average Bonchev–Trinajstić information content (AvgIpc) is 3.42. The van der Waals surface area contributed by atoms with Crippen LogP contribution in [0, 0.1) is 6.92 Å². The predicted octanol–water partition coefficient (Wildman–Crippen LogP) is 3.99. The zero-order chi connectivity index (χ0) is 19.3. The Morgan fingerprint density at radius 3 is 2.86 bits per heavy atom. The molecule has 0 bridgehead atoms. The summed E-state index contributed by atoms with van der Waals surface area (Å²) in [6, 6.07) is 13.1. The van der Waals surface area contributed by atoms with E-state index in [-0.39, 0.29) is 12.0 Å². The highest BCUT2D eigenvalue weighted by molar-refractivity contribution is 6.05. The number of aryl methyl sites for hydroxylation is 1. The summed E-state index contributed by atoms with van der Waals surface area (Å²) >= 11 is 0. The van der Waals surface area contributed by atoms with E-state index in [1.165, 1.54) is 0 Å². The monoisotopic (exact) mass is 377 g/mol. The summed E-state index contributed by atoms with van der Waals surface area (Å²) in [5.41, 5.74) is 3.26. The minimum atomic E-state index is -0.178. The van der Waals surface area contributed by atoms with Gasteiger partial charge in [0.15, 0.2) is 0 Å². The molecule has 1 amide bonds. The van der Waals surface area contributed by atoms with E-state index in [2.05, 4.69) is 10.3 Å². The van der Waals surface area contributed by atoms with Crippen molar-refractivity contribution in [3.63, 3.8) is 0 Å². The number of anilines is 1. The number of benzene rings is 2. The molecule has 3 aromatic rings. The summed E-state index contributed by atoms with van der Waals surface area (Å²) in [4.78, 5) is 16.7. The topological polar surface area (TPSA) is 65.4 Å². The third-order valence-corrected chi connectivity index (χ3v) is 4.77. The summed E-state index contributed by atoms with van der Waals surface area (Å²) in [5, 5.41) is 2.96. The summed E-state index contributed by atoms with van der Waals surface area (Å²) in [5.74, 6) is 0.488. The van der Waals surface area contributed by atoms with Crippen LogP contribution in [0.2, 0.25) is 0 Å². The van der Waals surface area contributed by atoms with Gasteiger partial charge in [-0.15, -0.1) is 0 Å². The molecule has 6 heteroatoms. The molecular formula is C22H23N3O3. The molecule has 4 rings (SSSR count). The lowest BCUT2D eigenvalue weighted by atomic mass is 10.1. The second-order valence-electron chi connectivity index (χ2n) is 6.92. The Hall–Kier alpha value is -3.12. The summed E-state index contributed by atoms with van der Waals surface area (Å²) in [6.07, 6.45) is 7.51. The molecule has 1 aromatic heterocycles. The van der Waals surface area contributed by atoms with Crippen LogP contribution in [0.25, 0.3) is 5.69 Å². The summed E-state index contributed by atoms with van der Waals surface area (Å²) in [6.45, 7) is 3.28. The number of amides is 1. The summed E-state index contributed by atoms with van der Waals surface area (Å²) in [7, 11) is 0. The first-order chi connectivity index (χ1) is 13.7. The van der Waals surface area contributed by atoms with Gasteiger partial charge in [-0.05, 0) is 61.7 Å². The molecule has 1 aliphatic rings. The van der Waals surface area contributed by atoms with Crippen LogP contribution < -0.4 is 10.1 Å². The Balaban J connectivity index is 1.46. The van der Waals surface area contributed by atoms with E-state index in [1.807, 2.05) is 48.0 Å². The number of rotatable bonds is 6. The molecule has 0 saturated carbocycles. The minimum Gasteiger partial charge on any atom is -0.489 e. The van der Waals surface area contributed by atoms with Crippen molar-refractivity contribution in [1.29, 1.82) is 0 Å². The van der Waals surface area contributed by atoms with Crippen molar-refractivity contribution in [3.8, 4) is 11.4 Å². The number of nitrogens with zero attached hydrogens (tertiary/aromatic N) is 2. The third kappa shape index (κ3) is 4.23. The van der Waals surface area contributed by atoms with Crippen LogP contribution in [0.1, 0.15) is 28.8 Å². The van der Waals surface area contributed by atoms with Gasteiger partial charge in [0.2, 0.25) is 0 Å². The Kier molecular flexibility index (Phi) is 5.39. The maximum absolute atomic E-state index is 12.7. The van der Waals surface area contributed by atoms with Crippen LogP contribution in [0.5, 0.6) is 5.75 Å². The first-order valence-electron chi connectivity index (χ1n) is 9.44. The minimum absolute atomic E-state index is 0.125. The number of nitrogens with one attached hydrogen (secondary N) is 1. The number of hydrogen-bond donors (Lipinski definition) is 1. The van der Waals surface area contributed by atoms with Gasteiger partial charge in [0.1, 0.15) is 12.4 Å². The van der Waals surface area contributed by atoms with Crippen molar-refractivity contribution in [1.82, 2.24) is 9.55 Å². The van der Waals surface area contributed by atoms with Gasteiger partial charge in [0.25, 0.3) is 5.91 Å². The Morgan fingerprint density at radius 1 is 1.29 bits per heavy atom. The van der Waals surface area contributed by atoms with Crippen molar-refractivity contribution in [2.45, 2.75) is 25.9 Å². The van der Waals surface area contributed by atoms with Crippen LogP contribution in [-0.4, -0.2) is 34.8 Å². The second kappa shape index (κ2) is 8.27. The molecule has 1 N–H and O–H groups in total. The van der Waals surface area contributed by atoms with Crippen molar-refractivity contribution in [2.75, 3.05) is 18.5 Å². The molecule has 2 aromatic carbocycles. The van der Waals surface area contributed by atoms with Crippen LogP contribution >= 0.6 is 0 Å². The average molecular weight is 377 g/mol. The van der Waals surface area contributed by atoms with Gasteiger partial charge in [-0.25, -0.2) is 4.98 Å². The van der Waals surface area contributed by atoms with Crippen molar-refractivity contribution in [3.05, 3.63) is 72.3 Å². The number of imidazole rings is 1. The Morgan fingerprint density at radius 2 is 2.14 bits per heavy atom. The highest BCUT2D eigenvalue weighted by atomic mass is 16.5. The third-order valence-electron chi connectivity index (χ3n) is 4.77. The van der Waals surface area contributed by atoms with E-state index in [4.69, 9.17) is 9.47 Å². The van der Waals surface area contributed by atoms with E-state index in [0.29, 0.717) is 23.6 Å². The van der Waals surface area contributed by atoms with Crippen LogP contribution in [0.3, 0.4) is 0 Å². The molecular weight excluding hydrogens is 354 g/mol. The van der Waals surface area contributed by atoms with E-state index in [1.54, 1.807) is 24.7 Å². The fourth-order valence-corrected chi connectivity index (χ4v) is 3.20. The van der Waals surface area contributed by atoms with Crippen molar-refractivity contribution in [2.24, 2.45) is 0 Å². The fourth-order valence-electron chi connectivity index (χ4n) is 3.20. The number of hydrogen-bond acceptors (Lipinski definition) is 4. The summed E-state index contributed by atoms with van der Waals surface area (Å²) < 4.78 is 13.5. The fraction of sp³-hybridized carbons (Fsp3) is 0.273. The van der Waals surface area contributed by atoms with E-state index in [9.17, 15) is 4.79 Å². The molecule has 1 unspecified atom stereocenters.